The van der Waals surface area contributed by atoms with Crippen LogP contribution in [-0.4, -0.2) is 41.2 Å². The highest BCUT2D eigenvalue weighted by Crippen LogP contribution is 2.24. The quantitative estimate of drug-likeness (QED) is 0.797. The van der Waals surface area contributed by atoms with Gasteiger partial charge in [0.15, 0.2) is 0 Å². The number of rotatable bonds is 6. The minimum atomic E-state index is -0.0769. The molecule has 6 heteroatoms. The van der Waals surface area contributed by atoms with Crippen molar-refractivity contribution < 1.29 is 9.53 Å². The average Bonchev–Trinajstić information content (AvgIpc) is 3.27. The fourth-order valence-electron chi connectivity index (χ4n) is 3.98. The zero-order valence-electron chi connectivity index (χ0n) is 16.2. The standard InChI is InChI=1S/C22H28N4O2/c27-22(23-14-19-10-5-11-28-19)17-7-4-6-16(12-17)20-13-21(25-15-24-20)26-18-8-2-1-3-9-18/h4,6-7,12-13,15,18-19H,1-3,5,8-11,14H2,(H,23,27)(H,24,25,26)/t19-/m0/s1. The maximum Gasteiger partial charge on any atom is 0.251 e. The molecule has 1 aromatic carbocycles. The van der Waals surface area contributed by atoms with Gasteiger partial charge in [0.05, 0.1) is 11.8 Å². The summed E-state index contributed by atoms with van der Waals surface area (Å²) in [7, 11) is 0. The Morgan fingerprint density at radius 3 is 2.79 bits per heavy atom. The van der Waals surface area contributed by atoms with Crippen LogP contribution in [0.15, 0.2) is 36.7 Å². The molecule has 0 radical (unpaired) electrons. The molecular formula is C22H28N4O2. The molecule has 28 heavy (non-hydrogen) atoms. The molecule has 148 valence electrons. The largest absolute Gasteiger partial charge is 0.376 e. The van der Waals surface area contributed by atoms with Crippen molar-refractivity contribution in [2.75, 3.05) is 18.5 Å². The number of amides is 1. The van der Waals surface area contributed by atoms with Gasteiger partial charge in [0.1, 0.15) is 12.1 Å². The van der Waals surface area contributed by atoms with E-state index in [1.165, 1.54) is 32.1 Å². The molecule has 6 nitrogen and oxygen atoms in total. The molecule has 1 saturated carbocycles. The second-order valence-corrected chi connectivity index (χ2v) is 7.69. The number of nitrogens with one attached hydrogen (secondary N) is 2. The Hall–Kier alpha value is -2.47. The Labute approximate surface area is 166 Å². The van der Waals surface area contributed by atoms with Crippen LogP contribution in [0.3, 0.4) is 0 Å². The molecule has 2 heterocycles. The van der Waals surface area contributed by atoms with Gasteiger partial charge >= 0.3 is 0 Å². The number of nitrogens with zero attached hydrogens (tertiary/aromatic N) is 2. The molecular weight excluding hydrogens is 352 g/mol. The first-order chi connectivity index (χ1) is 13.8. The predicted molar refractivity (Wildman–Crippen MR) is 109 cm³/mol. The number of carbonyl (C=O) groups is 1. The molecule has 0 bridgehead atoms. The van der Waals surface area contributed by atoms with Gasteiger partial charge in [-0.25, -0.2) is 9.97 Å². The number of hydrogen-bond donors (Lipinski definition) is 2. The fourth-order valence-corrected chi connectivity index (χ4v) is 3.98. The third-order valence-electron chi connectivity index (χ3n) is 5.56. The second kappa shape index (κ2) is 9.15. The third kappa shape index (κ3) is 4.87. The van der Waals surface area contributed by atoms with E-state index in [-0.39, 0.29) is 12.0 Å². The van der Waals surface area contributed by atoms with Crippen molar-refractivity contribution in [3.63, 3.8) is 0 Å². The van der Waals surface area contributed by atoms with Crippen LogP contribution < -0.4 is 10.6 Å². The van der Waals surface area contributed by atoms with E-state index in [0.29, 0.717) is 18.2 Å². The van der Waals surface area contributed by atoms with Gasteiger partial charge < -0.3 is 15.4 Å². The van der Waals surface area contributed by atoms with Crippen molar-refractivity contribution in [3.8, 4) is 11.3 Å². The van der Waals surface area contributed by atoms with E-state index in [1.54, 1.807) is 6.33 Å². The lowest BCUT2D eigenvalue weighted by Crippen LogP contribution is -2.31. The summed E-state index contributed by atoms with van der Waals surface area (Å²) in [5, 5.41) is 6.51. The van der Waals surface area contributed by atoms with Crippen molar-refractivity contribution in [1.29, 1.82) is 0 Å². The zero-order chi connectivity index (χ0) is 19.2. The maximum absolute atomic E-state index is 12.5. The van der Waals surface area contributed by atoms with E-state index in [0.717, 1.165) is 36.5 Å². The van der Waals surface area contributed by atoms with Crippen LogP contribution >= 0.6 is 0 Å². The molecule has 2 fully saturated rings. The maximum atomic E-state index is 12.5. The monoisotopic (exact) mass is 380 g/mol. The highest BCUT2D eigenvalue weighted by atomic mass is 16.5. The number of ether oxygens (including phenoxy) is 1. The van der Waals surface area contributed by atoms with E-state index in [1.807, 2.05) is 30.3 Å². The molecule has 1 atom stereocenters. The van der Waals surface area contributed by atoms with E-state index in [9.17, 15) is 4.79 Å². The Bertz CT molecular complexity index is 799. The molecule has 0 unspecified atom stereocenters. The topological polar surface area (TPSA) is 76.1 Å². The molecule has 1 aliphatic heterocycles. The number of aromatic nitrogens is 2. The molecule has 0 spiro atoms. The summed E-state index contributed by atoms with van der Waals surface area (Å²) in [6.07, 6.45) is 10.1. The highest BCUT2D eigenvalue weighted by molar-refractivity contribution is 5.95. The summed E-state index contributed by atoms with van der Waals surface area (Å²) in [5.74, 6) is 0.775. The van der Waals surface area contributed by atoms with E-state index < -0.39 is 0 Å². The molecule has 1 aliphatic carbocycles. The van der Waals surface area contributed by atoms with Gasteiger partial charge in [-0.05, 0) is 37.8 Å². The van der Waals surface area contributed by atoms with Gasteiger partial charge in [0.25, 0.3) is 5.91 Å². The molecule has 1 aromatic heterocycles. The van der Waals surface area contributed by atoms with E-state index >= 15 is 0 Å². The first-order valence-electron chi connectivity index (χ1n) is 10.4. The Kier molecular flexibility index (Phi) is 6.17. The summed E-state index contributed by atoms with van der Waals surface area (Å²) in [5.41, 5.74) is 2.37. The zero-order valence-corrected chi connectivity index (χ0v) is 16.2. The van der Waals surface area contributed by atoms with Gasteiger partial charge in [-0.2, -0.15) is 0 Å². The van der Waals surface area contributed by atoms with Crippen LogP contribution in [0.2, 0.25) is 0 Å². The second-order valence-electron chi connectivity index (χ2n) is 7.69. The number of hydrogen-bond acceptors (Lipinski definition) is 5. The highest BCUT2D eigenvalue weighted by Gasteiger charge is 2.17. The first-order valence-corrected chi connectivity index (χ1v) is 10.4. The molecule has 4 rings (SSSR count). The van der Waals surface area contributed by atoms with Crippen molar-refractivity contribution in [3.05, 3.63) is 42.2 Å². The lowest BCUT2D eigenvalue weighted by molar-refractivity contribution is 0.0858. The molecule has 2 aliphatic rings. The van der Waals surface area contributed by atoms with Gasteiger partial charge in [0.2, 0.25) is 0 Å². The average molecular weight is 380 g/mol. The number of benzene rings is 1. The summed E-state index contributed by atoms with van der Waals surface area (Å²) in [4.78, 5) is 21.3. The van der Waals surface area contributed by atoms with Crippen LogP contribution in [0.25, 0.3) is 11.3 Å². The first kappa shape index (κ1) is 18.9. The van der Waals surface area contributed by atoms with Crippen LogP contribution in [0, 0.1) is 0 Å². The Balaban J connectivity index is 1.43. The molecule has 2 N–H and O–H groups in total. The number of carbonyl (C=O) groups excluding carboxylic acids is 1. The Morgan fingerprint density at radius 2 is 1.96 bits per heavy atom. The van der Waals surface area contributed by atoms with E-state index in [4.69, 9.17) is 4.74 Å². The fraction of sp³-hybridized carbons (Fsp3) is 0.500. The Morgan fingerprint density at radius 1 is 1.07 bits per heavy atom. The predicted octanol–water partition coefficient (Wildman–Crippen LogP) is 3.80. The van der Waals surface area contributed by atoms with Crippen molar-refractivity contribution in [1.82, 2.24) is 15.3 Å². The summed E-state index contributed by atoms with van der Waals surface area (Å²) < 4.78 is 5.57. The van der Waals surface area contributed by atoms with Crippen LogP contribution in [0.5, 0.6) is 0 Å². The summed E-state index contributed by atoms with van der Waals surface area (Å²) in [6, 6.07) is 10.1. The molecule has 1 amide bonds. The van der Waals surface area contributed by atoms with Crippen LogP contribution in [-0.2, 0) is 4.74 Å². The van der Waals surface area contributed by atoms with Gasteiger partial charge in [-0.3, -0.25) is 4.79 Å². The van der Waals surface area contributed by atoms with Crippen molar-refractivity contribution >= 4 is 11.7 Å². The lowest BCUT2D eigenvalue weighted by Gasteiger charge is -2.23. The summed E-state index contributed by atoms with van der Waals surface area (Å²) >= 11 is 0. The molecule has 2 aromatic rings. The van der Waals surface area contributed by atoms with E-state index in [2.05, 4.69) is 20.6 Å². The molecule has 1 saturated heterocycles. The van der Waals surface area contributed by atoms with Gasteiger partial charge in [-0.1, -0.05) is 31.4 Å². The van der Waals surface area contributed by atoms with Crippen LogP contribution in [0.1, 0.15) is 55.3 Å². The van der Waals surface area contributed by atoms with Crippen molar-refractivity contribution in [2.24, 2.45) is 0 Å². The van der Waals surface area contributed by atoms with Crippen LogP contribution in [0.4, 0.5) is 5.82 Å². The lowest BCUT2D eigenvalue weighted by atomic mass is 9.95. The van der Waals surface area contributed by atoms with Gasteiger partial charge in [0, 0.05) is 36.4 Å². The third-order valence-corrected chi connectivity index (χ3v) is 5.56. The smallest absolute Gasteiger partial charge is 0.251 e. The normalized spacial score (nSPS) is 20.1. The minimum Gasteiger partial charge on any atom is -0.376 e. The van der Waals surface area contributed by atoms with Gasteiger partial charge in [-0.15, -0.1) is 0 Å². The number of anilines is 1. The van der Waals surface area contributed by atoms with Crippen molar-refractivity contribution in [2.45, 2.75) is 57.1 Å². The SMILES string of the molecule is O=C(NC[C@@H]1CCCO1)c1cccc(-c2cc(NC3CCCCC3)ncn2)c1. The minimum absolute atomic E-state index is 0.0769. The summed E-state index contributed by atoms with van der Waals surface area (Å²) in [6.45, 7) is 1.35.